The monoisotopic (exact) mass is 288 g/mol. The lowest BCUT2D eigenvalue weighted by Gasteiger charge is -2.09. The van der Waals surface area contributed by atoms with Crippen molar-refractivity contribution in [2.75, 3.05) is 0 Å². The van der Waals surface area contributed by atoms with Crippen molar-refractivity contribution in [1.82, 2.24) is 0 Å². The summed E-state index contributed by atoms with van der Waals surface area (Å²) in [6.07, 6.45) is -4.39. The number of hydrogen-bond donors (Lipinski definition) is 1. The molecule has 1 heterocycles. The van der Waals surface area contributed by atoms with Crippen LogP contribution in [0.25, 0.3) is 10.1 Å². The molecule has 0 saturated carbocycles. The largest absolute Gasteiger partial charge is 0.481 e. The summed E-state index contributed by atoms with van der Waals surface area (Å²) in [7, 11) is 0. The van der Waals surface area contributed by atoms with Crippen molar-refractivity contribution in [2.24, 2.45) is 0 Å². The molecule has 102 valence electrons. The Hall–Kier alpha value is -1.56. The quantitative estimate of drug-likeness (QED) is 0.903. The lowest BCUT2D eigenvalue weighted by atomic mass is 9.97. The smallest absolute Gasteiger partial charge is 0.416 e. The molecule has 2 rings (SSSR count). The van der Waals surface area contributed by atoms with E-state index in [4.69, 9.17) is 5.11 Å². The third-order valence-electron chi connectivity index (χ3n) is 2.94. The molecule has 0 aliphatic rings. The molecule has 1 N–H and O–H groups in total. The number of aliphatic carboxylic acids is 1. The second kappa shape index (κ2) is 4.85. The maximum Gasteiger partial charge on any atom is 0.416 e. The highest BCUT2D eigenvalue weighted by molar-refractivity contribution is 7.17. The maximum absolute atomic E-state index is 12.6. The Morgan fingerprint density at radius 3 is 2.68 bits per heavy atom. The van der Waals surface area contributed by atoms with E-state index in [1.165, 1.54) is 17.4 Å². The van der Waals surface area contributed by atoms with Crippen molar-refractivity contribution < 1.29 is 23.1 Å². The van der Waals surface area contributed by atoms with Gasteiger partial charge in [-0.05, 0) is 34.4 Å². The molecule has 1 unspecified atom stereocenters. The molecule has 1 aromatic heterocycles. The zero-order valence-electron chi connectivity index (χ0n) is 9.99. The molecule has 19 heavy (non-hydrogen) atoms. The number of thiophene rings is 1. The summed E-state index contributed by atoms with van der Waals surface area (Å²) in [5.41, 5.74) is 0.107. The van der Waals surface area contributed by atoms with E-state index >= 15 is 0 Å². The second-order valence-electron chi connectivity index (χ2n) is 4.40. The van der Waals surface area contributed by atoms with Crippen LogP contribution in [0.3, 0.4) is 0 Å². The fraction of sp³-hybridized carbons (Fsp3) is 0.308. The molecule has 0 spiro atoms. The SMILES string of the molecule is CC(CC(=O)O)c1csc2cc(C(F)(F)F)ccc12. The van der Waals surface area contributed by atoms with Crippen LogP contribution < -0.4 is 0 Å². The zero-order chi connectivity index (χ0) is 14.2. The van der Waals surface area contributed by atoms with Gasteiger partial charge >= 0.3 is 12.1 Å². The van der Waals surface area contributed by atoms with Gasteiger partial charge in [-0.2, -0.15) is 13.2 Å². The molecule has 1 aromatic carbocycles. The Morgan fingerprint density at radius 2 is 2.11 bits per heavy atom. The first kappa shape index (κ1) is 13.9. The maximum atomic E-state index is 12.6. The van der Waals surface area contributed by atoms with Gasteiger partial charge in [0.25, 0.3) is 0 Å². The van der Waals surface area contributed by atoms with Crippen molar-refractivity contribution in [3.8, 4) is 0 Å². The predicted molar refractivity (Wildman–Crippen MR) is 67.5 cm³/mol. The Bertz CT molecular complexity index is 616. The fourth-order valence-corrected chi connectivity index (χ4v) is 3.10. The predicted octanol–water partition coefficient (Wildman–Crippen LogP) is 4.50. The lowest BCUT2D eigenvalue weighted by molar-refractivity contribution is -0.138. The number of rotatable bonds is 3. The zero-order valence-corrected chi connectivity index (χ0v) is 10.8. The minimum absolute atomic E-state index is 0.0349. The first-order valence-corrected chi connectivity index (χ1v) is 6.47. The normalized spacial score (nSPS) is 13.7. The van der Waals surface area contributed by atoms with Gasteiger partial charge < -0.3 is 5.11 Å². The summed E-state index contributed by atoms with van der Waals surface area (Å²) < 4.78 is 38.3. The van der Waals surface area contributed by atoms with Crippen LogP contribution in [0, 0.1) is 0 Å². The molecule has 0 fully saturated rings. The van der Waals surface area contributed by atoms with Crippen LogP contribution in [0.5, 0.6) is 0 Å². The van der Waals surface area contributed by atoms with E-state index in [9.17, 15) is 18.0 Å². The molecule has 0 amide bonds. The number of carboxylic acids is 1. The van der Waals surface area contributed by atoms with Crippen LogP contribution in [0.15, 0.2) is 23.6 Å². The molecule has 0 bridgehead atoms. The number of carboxylic acid groups (broad SMARTS) is 1. The van der Waals surface area contributed by atoms with Gasteiger partial charge in [-0.15, -0.1) is 11.3 Å². The van der Waals surface area contributed by atoms with E-state index in [1.54, 1.807) is 12.3 Å². The Labute approximate surface area is 111 Å². The van der Waals surface area contributed by atoms with Gasteiger partial charge in [0.2, 0.25) is 0 Å². The molecule has 2 aromatic rings. The van der Waals surface area contributed by atoms with Gasteiger partial charge in [-0.25, -0.2) is 0 Å². The van der Waals surface area contributed by atoms with Crippen LogP contribution in [0.1, 0.15) is 30.4 Å². The van der Waals surface area contributed by atoms with E-state index < -0.39 is 17.7 Å². The number of alkyl halides is 3. The number of carbonyl (C=O) groups is 1. The van der Waals surface area contributed by atoms with E-state index in [2.05, 4.69) is 0 Å². The Balaban J connectivity index is 2.42. The Kier molecular flexibility index (Phi) is 3.54. The molecule has 2 nitrogen and oxygen atoms in total. The van der Waals surface area contributed by atoms with E-state index in [0.717, 1.165) is 17.7 Å². The molecule has 0 aliphatic carbocycles. The Morgan fingerprint density at radius 1 is 1.42 bits per heavy atom. The molecule has 1 atom stereocenters. The molecular formula is C13H11F3O2S. The average molecular weight is 288 g/mol. The van der Waals surface area contributed by atoms with Crippen molar-refractivity contribution in [3.63, 3.8) is 0 Å². The van der Waals surface area contributed by atoms with E-state index in [-0.39, 0.29) is 12.3 Å². The van der Waals surface area contributed by atoms with Gasteiger partial charge in [0, 0.05) is 4.70 Å². The second-order valence-corrected chi connectivity index (χ2v) is 5.31. The summed E-state index contributed by atoms with van der Waals surface area (Å²) in [6.45, 7) is 1.76. The van der Waals surface area contributed by atoms with Crippen molar-refractivity contribution >= 4 is 27.4 Å². The van der Waals surface area contributed by atoms with Crippen molar-refractivity contribution in [3.05, 3.63) is 34.7 Å². The topological polar surface area (TPSA) is 37.3 Å². The molecule has 0 saturated heterocycles. The number of benzene rings is 1. The summed E-state index contributed by atoms with van der Waals surface area (Å²) >= 11 is 1.21. The van der Waals surface area contributed by atoms with Gasteiger partial charge in [0.15, 0.2) is 0 Å². The fourth-order valence-electron chi connectivity index (χ4n) is 1.98. The molecule has 0 aliphatic heterocycles. The van der Waals surface area contributed by atoms with Crippen LogP contribution in [-0.4, -0.2) is 11.1 Å². The third-order valence-corrected chi connectivity index (χ3v) is 3.91. The van der Waals surface area contributed by atoms with Gasteiger partial charge in [-0.1, -0.05) is 13.0 Å². The van der Waals surface area contributed by atoms with Crippen LogP contribution in [0.4, 0.5) is 13.2 Å². The molecule has 6 heteroatoms. The first-order chi connectivity index (χ1) is 8.79. The van der Waals surface area contributed by atoms with Crippen LogP contribution in [-0.2, 0) is 11.0 Å². The van der Waals surface area contributed by atoms with Crippen LogP contribution in [0.2, 0.25) is 0 Å². The van der Waals surface area contributed by atoms with Gasteiger partial charge in [0.1, 0.15) is 0 Å². The summed E-state index contributed by atoms with van der Waals surface area (Å²) in [4.78, 5) is 10.7. The third kappa shape index (κ3) is 2.89. The standard InChI is InChI=1S/C13H11F3O2S/c1-7(4-12(17)18)10-6-19-11-5-8(13(14,15)16)2-3-9(10)11/h2-3,5-7H,4H2,1H3,(H,17,18). The number of halogens is 3. The average Bonchev–Trinajstić information content (AvgIpc) is 2.69. The highest BCUT2D eigenvalue weighted by Gasteiger charge is 2.30. The summed E-state index contributed by atoms with van der Waals surface area (Å²) in [5.74, 6) is -1.14. The van der Waals surface area contributed by atoms with E-state index in [1.807, 2.05) is 0 Å². The minimum Gasteiger partial charge on any atom is -0.481 e. The van der Waals surface area contributed by atoms with Gasteiger partial charge in [0.05, 0.1) is 12.0 Å². The van der Waals surface area contributed by atoms with Crippen molar-refractivity contribution in [2.45, 2.75) is 25.4 Å². The number of hydrogen-bond acceptors (Lipinski definition) is 2. The highest BCUT2D eigenvalue weighted by Crippen LogP contribution is 2.37. The summed E-state index contributed by atoms with van der Waals surface area (Å²) in [6, 6.07) is 3.56. The van der Waals surface area contributed by atoms with Crippen molar-refractivity contribution in [1.29, 1.82) is 0 Å². The lowest BCUT2D eigenvalue weighted by Crippen LogP contribution is -2.04. The summed E-state index contributed by atoms with van der Waals surface area (Å²) in [5, 5.41) is 11.2. The minimum atomic E-state index is -4.36. The van der Waals surface area contributed by atoms with E-state index in [0.29, 0.717) is 10.1 Å². The number of fused-ring (bicyclic) bond motifs is 1. The highest BCUT2D eigenvalue weighted by atomic mass is 32.1. The first-order valence-electron chi connectivity index (χ1n) is 5.59. The molecular weight excluding hydrogens is 277 g/mol. The molecule has 0 radical (unpaired) electrons. The van der Waals surface area contributed by atoms with Gasteiger partial charge in [-0.3, -0.25) is 4.79 Å². The van der Waals surface area contributed by atoms with Crippen LogP contribution >= 0.6 is 11.3 Å².